The van der Waals surface area contributed by atoms with Crippen molar-refractivity contribution in [3.63, 3.8) is 0 Å². The van der Waals surface area contributed by atoms with E-state index in [4.69, 9.17) is 4.74 Å². The van der Waals surface area contributed by atoms with E-state index >= 15 is 0 Å². The number of nitrogens with zero attached hydrogens (tertiary/aromatic N) is 2. The smallest absolute Gasteiger partial charge is 0.157 e. The third-order valence-electron chi connectivity index (χ3n) is 2.99. The number of hydrogen-bond donors (Lipinski definition) is 0. The van der Waals surface area contributed by atoms with Gasteiger partial charge in [0.2, 0.25) is 0 Å². The standard InChI is InChI=1S/C14H16N2OS/c1-2-4-12(5-3-1)9-16-10-14(8-15-16)17-13-6-7-18-11-13/h1-5,8,10,13H,6-7,9,11H2. The van der Waals surface area contributed by atoms with Gasteiger partial charge in [-0.1, -0.05) is 30.3 Å². The van der Waals surface area contributed by atoms with Crippen LogP contribution < -0.4 is 4.74 Å². The molecule has 1 unspecified atom stereocenters. The van der Waals surface area contributed by atoms with E-state index in [1.165, 1.54) is 11.3 Å². The highest BCUT2D eigenvalue weighted by atomic mass is 32.2. The fourth-order valence-electron chi connectivity index (χ4n) is 2.06. The summed E-state index contributed by atoms with van der Waals surface area (Å²) in [7, 11) is 0. The lowest BCUT2D eigenvalue weighted by molar-refractivity contribution is 0.229. The lowest BCUT2D eigenvalue weighted by Gasteiger charge is -2.09. The van der Waals surface area contributed by atoms with Gasteiger partial charge in [0.25, 0.3) is 0 Å². The first-order chi connectivity index (χ1) is 8.90. The highest BCUT2D eigenvalue weighted by Crippen LogP contribution is 2.22. The molecule has 4 heteroatoms. The van der Waals surface area contributed by atoms with Crippen LogP contribution in [0.3, 0.4) is 0 Å². The number of thioether (sulfide) groups is 1. The van der Waals surface area contributed by atoms with Crippen molar-refractivity contribution in [2.24, 2.45) is 0 Å². The number of aromatic nitrogens is 2. The fourth-order valence-corrected chi connectivity index (χ4v) is 3.15. The van der Waals surface area contributed by atoms with Crippen LogP contribution in [0.5, 0.6) is 5.75 Å². The largest absolute Gasteiger partial charge is 0.486 e. The first-order valence-corrected chi connectivity index (χ1v) is 7.36. The van der Waals surface area contributed by atoms with Gasteiger partial charge in [-0.15, -0.1) is 0 Å². The molecule has 0 N–H and O–H groups in total. The lowest BCUT2D eigenvalue weighted by atomic mass is 10.2. The van der Waals surface area contributed by atoms with Gasteiger partial charge < -0.3 is 4.74 Å². The predicted octanol–water partition coefficient (Wildman–Crippen LogP) is 2.82. The number of benzene rings is 1. The van der Waals surface area contributed by atoms with Crippen molar-refractivity contribution >= 4 is 11.8 Å². The van der Waals surface area contributed by atoms with Crippen molar-refractivity contribution in [2.75, 3.05) is 11.5 Å². The van der Waals surface area contributed by atoms with Crippen LogP contribution in [0.1, 0.15) is 12.0 Å². The molecule has 0 aliphatic carbocycles. The Morgan fingerprint density at radius 3 is 3.00 bits per heavy atom. The molecule has 1 aromatic heterocycles. The van der Waals surface area contributed by atoms with Gasteiger partial charge in [0.1, 0.15) is 6.10 Å². The van der Waals surface area contributed by atoms with Crippen LogP contribution in [-0.4, -0.2) is 27.4 Å². The first-order valence-electron chi connectivity index (χ1n) is 6.21. The maximum Gasteiger partial charge on any atom is 0.157 e. The molecule has 3 rings (SSSR count). The van der Waals surface area contributed by atoms with Crippen LogP contribution in [0.15, 0.2) is 42.7 Å². The molecule has 94 valence electrons. The number of rotatable bonds is 4. The Morgan fingerprint density at radius 1 is 1.33 bits per heavy atom. The molecule has 1 atom stereocenters. The molecular formula is C14H16N2OS. The summed E-state index contributed by atoms with van der Waals surface area (Å²) in [5.74, 6) is 3.20. The topological polar surface area (TPSA) is 27.1 Å². The molecule has 0 spiro atoms. The molecule has 1 aliphatic heterocycles. The average molecular weight is 260 g/mol. The Hall–Kier alpha value is -1.42. The molecular weight excluding hydrogens is 244 g/mol. The van der Waals surface area contributed by atoms with E-state index in [9.17, 15) is 0 Å². The zero-order chi connectivity index (χ0) is 12.2. The second kappa shape index (κ2) is 5.48. The van der Waals surface area contributed by atoms with Crippen LogP contribution in [0.2, 0.25) is 0 Å². The van der Waals surface area contributed by atoms with Gasteiger partial charge in [0, 0.05) is 5.75 Å². The second-order valence-corrected chi connectivity index (χ2v) is 5.61. The van der Waals surface area contributed by atoms with Gasteiger partial charge in [-0.25, -0.2) is 0 Å². The minimum atomic E-state index is 0.365. The van der Waals surface area contributed by atoms with Crippen molar-refractivity contribution in [3.8, 4) is 5.75 Å². The molecule has 0 radical (unpaired) electrons. The van der Waals surface area contributed by atoms with Gasteiger partial charge >= 0.3 is 0 Å². The molecule has 0 saturated carbocycles. The Bertz CT molecular complexity index is 492. The minimum Gasteiger partial charge on any atom is -0.486 e. The van der Waals surface area contributed by atoms with Crippen LogP contribution in [-0.2, 0) is 6.54 Å². The predicted molar refractivity (Wildman–Crippen MR) is 74.1 cm³/mol. The molecule has 0 amide bonds. The van der Waals surface area contributed by atoms with Crippen LogP contribution >= 0.6 is 11.8 Å². The summed E-state index contributed by atoms with van der Waals surface area (Å²) in [5.41, 5.74) is 1.25. The highest BCUT2D eigenvalue weighted by Gasteiger charge is 2.17. The van der Waals surface area contributed by atoms with Gasteiger partial charge in [-0.3, -0.25) is 4.68 Å². The summed E-state index contributed by atoms with van der Waals surface area (Å²) < 4.78 is 7.81. The summed E-state index contributed by atoms with van der Waals surface area (Å²) in [5, 5.41) is 4.34. The summed E-state index contributed by atoms with van der Waals surface area (Å²) in [6.07, 6.45) is 5.31. The van der Waals surface area contributed by atoms with E-state index in [0.29, 0.717) is 6.10 Å². The van der Waals surface area contributed by atoms with Gasteiger partial charge in [0.15, 0.2) is 5.75 Å². The van der Waals surface area contributed by atoms with Gasteiger partial charge in [0.05, 0.1) is 18.9 Å². The number of hydrogen-bond acceptors (Lipinski definition) is 3. The second-order valence-electron chi connectivity index (χ2n) is 4.46. The summed E-state index contributed by atoms with van der Waals surface area (Å²) >= 11 is 1.96. The summed E-state index contributed by atoms with van der Waals surface area (Å²) in [4.78, 5) is 0. The quantitative estimate of drug-likeness (QED) is 0.846. The van der Waals surface area contributed by atoms with Crippen molar-refractivity contribution in [2.45, 2.75) is 19.1 Å². The zero-order valence-electron chi connectivity index (χ0n) is 10.2. The van der Waals surface area contributed by atoms with Crippen molar-refractivity contribution in [3.05, 3.63) is 48.3 Å². The third kappa shape index (κ3) is 2.88. The normalized spacial score (nSPS) is 19.0. The summed E-state index contributed by atoms with van der Waals surface area (Å²) in [6, 6.07) is 10.3. The Labute approximate surface area is 111 Å². The Balaban J connectivity index is 1.62. The van der Waals surface area contributed by atoms with E-state index in [1.54, 1.807) is 0 Å². The third-order valence-corrected chi connectivity index (χ3v) is 4.12. The monoisotopic (exact) mass is 260 g/mol. The van der Waals surface area contributed by atoms with E-state index < -0.39 is 0 Å². The Morgan fingerprint density at radius 2 is 2.22 bits per heavy atom. The van der Waals surface area contributed by atoms with Crippen molar-refractivity contribution in [1.29, 1.82) is 0 Å². The molecule has 1 fully saturated rings. The van der Waals surface area contributed by atoms with Crippen molar-refractivity contribution < 1.29 is 4.74 Å². The molecule has 0 bridgehead atoms. The zero-order valence-corrected chi connectivity index (χ0v) is 11.0. The number of ether oxygens (including phenoxy) is 1. The van der Waals surface area contributed by atoms with Gasteiger partial charge in [-0.2, -0.15) is 16.9 Å². The lowest BCUT2D eigenvalue weighted by Crippen LogP contribution is -2.14. The Kier molecular flexibility index (Phi) is 3.55. The molecule has 1 saturated heterocycles. The maximum atomic E-state index is 5.89. The molecule has 2 heterocycles. The average Bonchev–Trinajstić information content (AvgIpc) is 3.03. The summed E-state index contributed by atoms with van der Waals surface area (Å²) in [6.45, 7) is 0.795. The minimum absolute atomic E-state index is 0.365. The van der Waals surface area contributed by atoms with Crippen LogP contribution in [0, 0.1) is 0 Å². The van der Waals surface area contributed by atoms with Crippen LogP contribution in [0.4, 0.5) is 0 Å². The van der Waals surface area contributed by atoms with Crippen LogP contribution in [0.25, 0.3) is 0 Å². The van der Waals surface area contributed by atoms with Crippen molar-refractivity contribution in [1.82, 2.24) is 9.78 Å². The highest BCUT2D eigenvalue weighted by molar-refractivity contribution is 7.99. The first kappa shape index (κ1) is 11.7. The van der Waals surface area contributed by atoms with E-state index in [0.717, 1.165) is 24.5 Å². The molecule has 1 aromatic carbocycles. The molecule has 2 aromatic rings. The molecule has 3 nitrogen and oxygen atoms in total. The SMILES string of the molecule is c1ccc(Cn2cc(OC3CCSC3)cn2)cc1. The van der Waals surface area contributed by atoms with E-state index in [-0.39, 0.29) is 0 Å². The van der Waals surface area contributed by atoms with E-state index in [2.05, 4.69) is 17.2 Å². The fraction of sp³-hybridized carbons (Fsp3) is 0.357. The molecule has 18 heavy (non-hydrogen) atoms. The molecule has 1 aliphatic rings. The van der Waals surface area contributed by atoms with E-state index in [1.807, 2.05) is 47.0 Å². The van der Waals surface area contributed by atoms with Gasteiger partial charge in [-0.05, 0) is 17.7 Å². The maximum absolute atomic E-state index is 5.89.